The zero-order chi connectivity index (χ0) is 24.5. The Balaban J connectivity index is 1.41. The maximum Gasteiger partial charge on any atom is 0.322 e. The van der Waals surface area contributed by atoms with Crippen molar-refractivity contribution < 1.29 is 18.7 Å². The lowest BCUT2D eigenvalue weighted by Crippen LogP contribution is -2.56. The Bertz CT molecular complexity index is 1310. The fourth-order valence-corrected chi connectivity index (χ4v) is 4.44. The minimum atomic E-state index is -0.389. The number of methoxy groups -OCH3 is 1. The van der Waals surface area contributed by atoms with E-state index in [4.69, 9.17) is 14.5 Å². The molecule has 0 saturated carbocycles. The first-order valence-electron chi connectivity index (χ1n) is 11.5. The van der Waals surface area contributed by atoms with Crippen molar-refractivity contribution >= 4 is 23.2 Å². The van der Waals surface area contributed by atoms with Gasteiger partial charge in [0.25, 0.3) is 0 Å². The molecule has 3 aromatic carbocycles. The maximum atomic E-state index is 13.5. The molecule has 0 radical (unpaired) electrons. The first-order valence-corrected chi connectivity index (χ1v) is 11.5. The van der Waals surface area contributed by atoms with Crippen LogP contribution < -0.4 is 14.8 Å². The molecule has 1 atom stereocenters. The SMILES string of the molecule is COc1ccc2c(c1)Oc1cc(C)ccc1N=C2N1CCN(C(=O)Nc2cccc(F)c2)[C@H](C)C1. The van der Waals surface area contributed by atoms with Crippen LogP contribution in [0.15, 0.2) is 65.7 Å². The number of nitrogens with zero attached hydrogens (tertiary/aromatic N) is 3. The summed E-state index contributed by atoms with van der Waals surface area (Å²) < 4.78 is 25.2. The van der Waals surface area contributed by atoms with Crippen molar-refractivity contribution in [2.45, 2.75) is 19.9 Å². The average molecular weight is 475 g/mol. The molecule has 35 heavy (non-hydrogen) atoms. The van der Waals surface area contributed by atoms with Crippen LogP contribution in [0.2, 0.25) is 0 Å². The van der Waals surface area contributed by atoms with Gasteiger partial charge < -0.3 is 24.6 Å². The number of benzene rings is 3. The number of amides is 2. The lowest BCUT2D eigenvalue weighted by molar-refractivity contribution is 0.145. The van der Waals surface area contributed by atoms with Crippen LogP contribution >= 0.6 is 0 Å². The van der Waals surface area contributed by atoms with Gasteiger partial charge in [-0.05, 0) is 61.9 Å². The van der Waals surface area contributed by atoms with Crippen LogP contribution in [0.4, 0.5) is 20.6 Å². The summed E-state index contributed by atoms with van der Waals surface area (Å²) in [7, 11) is 1.63. The van der Waals surface area contributed by atoms with Crippen molar-refractivity contribution in [2.24, 2.45) is 4.99 Å². The number of carbonyl (C=O) groups is 1. The number of nitrogens with one attached hydrogen (secondary N) is 1. The molecule has 2 aliphatic rings. The molecule has 1 fully saturated rings. The van der Waals surface area contributed by atoms with E-state index in [1.807, 2.05) is 50.2 Å². The second kappa shape index (κ2) is 9.29. The Morgan fingerprint density at radius 2 is 1.97 bits per heavy atom. The third kappa shape index (κ3) is 4.64. The Labute approximate surface area is 203 Å². The van der Waals surface area contributed by atoms with E-state index < -0.39 is 0 Å². The molecule has 1 saturated heterocycles. The predicted octanol–water partition coefficient (Wildman–Crippen LogP) is 5.56. The summed E-state index contributed by atoms with van der Waals surface area (Å²) in [4.78, 5) is 21.8. The standard InChI is InChI=1S/C27H27FN4O3/c1-17-7-10-23-25(13-17)35-24-15-21(34-3)8-9-22(24)26(30-23)31-11-12-32(18(2)16-31)27(33)29-20-6-4-5-19(28)14-20/h4-10,13-15,18H,11-12,16H2,1-3H3,(H,29,33)/t18-/m1/s1. The van der Waals surface area contributed by atoms with Gasteiger partial charge in [0.05, 0.1) is 12.7 Å². The first kappa shape index (κ1) is 22.7. The zero-order valence-corrected chi connectivity index (χ0v) is 19.9. The minimum absolute atomic E-state index is 0.0941. The fraction of sp³-hybridized carbons (Fsp3) is 0.259. The highest BCUT2D eigenvalue weighted by Gasteiger charge is 2.32. The number of amidine groups is 1. The monoisotopic (exact) mass is 474 g/mol. The Kier molecular flexibility index (Phi) is 6.03. The van der Waals surface area contributed by atoms with Crippen LogP contribution in [-0.4, -0.2) is 54.5 Å². The molecule has 0 unspecified atom stereocenters. The van der Waals surface area contributed by atoms with Gasteiger partial charge in [-0.15, -0.1) is 0 Å². The Hall–Kier alpha value is -4.07. The van der Waals surface area contributed by atoms with Gasteiger partial charge in [-0.3, -0.25) is 0 Å². The average Bonchev–Trinajstić information content (AvgIpc) is 2.99. The van der Waals surface area contributed by atoms with Crippen molar-refractivity contribution in [3.05, 3.63) is 77.6 Å². The summed E-state index contributed by atoms with van der Waals surface area (Å²) >= 11 is 0. The van der Waals surface area contributed by atoms with Gasteiger partial charge in [0, 0.05) is 37.4 Å². The highest BCUT2D eigenvalue weighted by molar-refractivity contribution is 6.04. The fourth-order valence-electron chi connectivity index (χ4n) is 4.44. The van der Waals surface area contributed by atoms with E-state index in [1.165, 1.54) is 12.1 Å². The van der Waals surface area contributed by atoms with Crippen molar-refractivity contribution in [1.29, 1.82) is 0 Å². The molecule has 0 spiro atoms. The summed E-state index contributed by atoms with van der Waals surface area (Å²) in [6.07, 6.45) is 0. The Morgan fingerprint density at radius 1 is 1.11 bits per heavy atom. The lowest BCUT2D eigenvalue weighted by Gasteiger charge is -2.41. The number of carbonyl (C=O) groups excluding carboxylic acids is 1. The number of hydrogen-bond acceptors (Lipinski definition) is 5. The smallest absolute Gasteiger partial charge is 0.322 e. The van der Waals surface area contributed by atoms with Crippen molar-refractivity contribution in [3.63, 3.8) is 0 Å². The summed E-state index contributed by atoms with van der Waals surface area (Å²) in [6.45, 7) is 5.68. The molecule has 1 N–H and O–H groups in total. The molecular weight excluding hydrogens is 447 g/mol. The number of ether oxygens (including phenoxy) is 2. The van der Waals surface area contributed by atoms with E-state index in [2.05, 4.69) is 10.2 Å². The van der Waals surface area contributed by atoms with Crippen molar-refractivity contribution in [2.75, 3.05) is 32.1 Å². The van der Waals surface area contributed by atoms with E-state index in [-0.39, 0.29) is 17.9 Å². The molecule has 0 aliphatic carbocycles. The molecule has 180 valence electrons. The quantitative estimate of drug-likeness (QED) is 0.528. The topological polar surface area (TPSA) is 66.4 Å². The van der Waals surface area contributed by atoms with Gasteiger partial charge in [-0.2, -0.15) is 0 Å². The number of anilines is 1. The van der Waals surface area contributed by atoms with E-state index in [9.17, 15) is 9.18 Å². The summed E-state index contributed by atoms with van der Waals surface area (Å²) in [5.41, 5.74) is 3.13. The summed E-state index contributed by atoms with van der Waals surface area (Å²) in [5, 5.41) is 2.80. The molecule has 8 heteroatoms. The van der Waals surface area contributed by atoms with Gasteiger partial charge >= 0.3 is 6.03 Å². The molecular formula is C27H27FN4O3. The third-order valence-corrected chi connectivity index (χ3v) is 6.26. The van der Waals surface area contributed by atoms with Gasteiger partial charge in [0.2, 0.25) is 0 Å². The zero-order valence-electron chi connectivity index (χ0n) is 19.9. The number of aryl methyl sites for hydroxylation is 1. The number of fused-ring (bicyclic) bond motifs is 2. The van der Waals surface area contributed by atoms with E-state index in [1.54, 1.807) is 24.1 Å². The van der Waals surface area contributed by atoms with Crippen LogP contribution in [0.1, 0.15) is 18.1 Å². The molecule has 0 bridgehead atoms. The molecule has 2 heterocycles. The van der Waals surface area contributed by atoms with Gasteiger partial charge in [0.15, 0.2) is 5.75 Å². The summed E-state index contributed by atoms with van der Waals surface area (Å²) in [6, 6.07) is 17.2. The number of rotatable bonds is 2. The molecule has 5 rings (SSSR count). The van der Waals surface area contributed by atoms with Crippen molar-refractivity contribution in [3.8, 4) is 17.2 Å². The second-order valence-electron chi connectivity index (χ2n) is 8.80. The second-order valence-corrected chi connectivity index (χ2v) is 8.80. The van der Waals surface area contributed by atoms with Crippen molar-refractivity contribution in [1.82, 2.24) is 9.80 Å². The molecule has 2 amide bonds. The molecule has 0 aromatic heterocycles. The number of halogens is 1. The molecule has 3 aromatic rings. The highest BCUT2D eigenvalue weighted by Crippen LogP contribution is 2.40. The number of urea groups is 1. The normalized spacial score (nSPS) is 16.9. The number of hydrogen-bond donors (Lipinski definition) is 1. The van der Waals surface area contributed by atoms with E-state index in [0.717, 1.165) is 22.6 Å². The van der Waals surface area contributed by atoms with Crippen LogP contribution in [-0.2, 0) is 0 Å². The number of aliphatic imine (C=N–C) groups is 1. The van der Waals surface area contributed by atoms with Crippen LogP contribution in [0, 0.1) is 12.7 Å². The molecule has 7 nitrogen and oxygen atoms in total. The van der Waals surface area contributed by atoms with Crippen LogP contribution in [0.5, 0.6) is 17.2 Å². The largest absolute Gasteiger partial charge is 0.497 e. The highest BCUT2D eigenvalue weighted by atomic mass is 19.1. The van der Waals surface area contributed by atoms with E-state index in [0.29, 0.717) is 42.6 Å². The van der Waals surface area contributed by atoms with Crippen LogP contribution in [0.25, 0.3) is 0 Å². The summed E-state index contributed by atoms with van der Waals surface area (Å²) in [5.74, 6) is 2.47. The van der Waals surface area contributed by atoms with Gasteiger partial charge in [-0.25, -0.2) is 14.2 Å². The van der Waals surface area contributed by atoms with Gasteiger partial charge in [-0.1, -0.05) is 12.1 Å². The first-order chi connectivity index (χ1) is 16.9. The molecule has 2 aliphatic heterocycles. The lowest BCUT2D eigenvalue weighted by atomic mass is 10.1. The minimum Gasteiger partial charge on any atom is -0.497 e. The Morgan fingerprint density at radius 3 is 2.74 bits per heavy atom. The van der Waals surface area contributed by atoms with Crippen LogP contribution in [0.3, 0.4) is 0 Å². The maximum absolute atomic E-state index is 13.5. The predicted molar refractivity (Wildman–Crippen MR) is 134 cm³/mol. The third-order valence-electron chi connectivity index (χ3n) is 6.26. The number of piperazine rings is 1. The van der Waals surface area contributed by atoms with Gasteiger partial charge in [0.1, 0.15) is 28.8 Å². The van der Waals surface area contributed by atoms with E-state index >= 15 is 0 Å².